The molecule has 0 bridgehead atoms. The molecule has 1 fully saturated rings. The summed E-state index contributed by atoms with van der Waals surface area (Å²) in [4.78, 5) is 20.5. The molecular formula is C33H35N3O2. The minimum Gasteiger partial charge on any atom is -0.497 e. The summed E-state index contributed by atoms with van der Waals surface area (Å²) in [5, 5.41) is 2.27. The summed E-state index contributed by atoms with van der Waals surface area (Å²) in [5.74, 6) is 0.905. The predicted molar refractivity (Wildman–Crippen MR) is 155 cm³/mol. The van der Waals surface area contributed by atoms with E-state index in [1.165, 1.54) is 23.1 Å². The number of ether oxygens (including phenoxy) is 1. The van der Waals surface area contributed by atoms with Crippen molar-refractivity contribution in [1.82, 2.24) is 4.90 Å². The van der Waals surface area contributed by atoms with Crippen LogP contribution in [0.15, 0.2) is 84.9 Å². The first-order valence-corrected chi connectivity index (χ1v) is 13.7. The summed E-state index contributed by atoms with van der Waals surface area (Å²) in [6.07, 6.45) is 3.48. The minimum atomic E-state index is 0.0824. The van der Waals surface area contributed by atoms with E-state index in [2.05, 4.69) is 58.3 Å². The van der Waals surface area contributed by atoms with Gasteiger partial charge in [0.15, 0.2) is 0 Å². The summed E-state index contributed by atoms with van der Waals surface area (Å²) in [5.41, 5.74) is 5.58. The average molecular weight is 506 g/mol. The number of anilines is 2. The van der Waals surface area contributed by atoms with Crippen LogP contribution in [0.25, 0.3) is 10.8 Å². The van der Waals surface area contributed by atoms with E-state index < -0.39 is 0 Å². The first-order chi connectivity index (χ1) is 18.7. The van der Waals surface area contributed by atoms with Crippen molar-refractivity contribution < 1.29 is 9.53 Å². The van der Waals surface area contributed by atoms with Gasteiger partial charge in [-0.1, -0.05) is 54.6 Å². The zero-order valence-electron chi connectivity index (χ0n) is 22.1. The molecule has 4 aromatic rings. The summed E-state index contributed by atoms with van der Waals surface area (Å²) in [6.45, 7) is 5.95. The van der Waals surface area contributed by atoms with E-state index in [0.717, 1.165) is 73.5 Å². The molecule has 1 amide bonds. The van der Waals surface area contributed by atoms with E-state index in [4.69, 9.17) is 4.74 Å². The van der Waals surface area contributed by atoms with Gasteiger partial charge in [-0.2, -0.15) is 0 Å². The number of carbonyl (C=O) groups excluding carboxylic acids is 1. The number of carbonyl (C=O) groups is 1. The lowest BCUT2D eigenvalue weighted by molar-refractivity contribution is 0.0991. The average Bonchev–Trinajstić information content (AvgIpc) is 3.09. The van der Waals surface area contributed by atoms with Crippen LogP contribution in [-0.2, 0) is 13.0 Å². The maximum Gasteiger partial charge on any atom is 0.259 e. The Morgan fingerprint density at radius 1 is 0.763 bits per heavy atom. The highest BCUT2D eigenvalue weighted by Crippen LogP contribution is 2.42. The number of benzene rings is 4. The lowest BCUT2D eigenvalue weighted by Crippen LogP contribution is -2.31. The van der Waals surface area contributed by atoms with Gasteiger partial charge in [-0.3, -0.25) is 4.79 Å². The van der Waals surface area contributed by atoms with Gasteiger partial charge in [0.25, 0.3) is 5.91 Å². The van der Waals surface area contributed by atoms with Crippen molar-refractivity contribution in [2.75, 3.05) is 49.6 Å². The van der Waals surface area contributed by atoms with Crippen LogP contribution in [0.3, 0.4) is 0 Å². The number of hydrogen-bond acceptors (Lipinski definition) is 4. The molecular weight excluding hydrogens is 470 g/mol. The monoisotopic (exact) mass is 505 g/mol. The Bertz CT molecular complexity index is 1420. The van der Waals surface area contributed by atoms with Gasteiger partial charge in [0.05, 0.1) is 19.3 Å². The molecule has 0 atom stereocenters. The van der Waals surface area contributed by atoms with E-state index >= 15 is 0 Å². The molecule has 0 N–H and O–H groups in total. The molecule has 0 radical (unpaired) electrons. The van der Waals surface area contributed by atoms with Crippen molar-refractivity contribution in [3.63, 3.8) is 0 Å². The van der Waals surface area contributed by atoms with E-state index in [-0.39, 0.29) is 5.91 Å². The molecule has 38 heavy (non-hydrogen) atoms. The number of methoxy groups -OCH3 is 1. The summed E-state index contributed by atoms with van der Waals surface area (Å²) < 4.78 is 5.29. The SMILES string of the molecule is COc1ccc(CN2C(=O)c3cccc4c(N5CCCN(CCCc6ccccc6)CC5)ccc2c34)cc1. The van der Waals surface area contributed by atoms with Crippen molar-refractivity contribution in [2.24, 2.45) is 0 Å². The zero-order chi connectivity index (χ0) is 25.9. The molecule has 0 spiro atoms. The molecule has 5 heteroatoms. The molecule has 0 saturated carbocycles. The minimum absolute atomic E-state index is 0.0824. The van der Waals surface area contributed by atoms with E-state index in [1.54, 1.807) is 7.11 Å². The maximum atomic E-state index is 13.5. The Morgan fingerprint density at radius 2 is 1.58 bits per heavy atom. The third-order valence-corrected chi connectivity index (χ3v) is 7.97. The highest BCUT2D eigenvalue weighted by molar-refractivity contribution is 6.26. The van der Waals surface area contributed by atoms with Gasteiger partial charge in [0, 0.05) is 41.7 Å². The number of aryl methyl sites for hydroxylation is 1. The van der Waals surface area contributed by atoms with Crippen LogP contribution < -0.4 is 14.5 Å². The Labute approximate surface area is 225 Å². The predicted octanol–water partition coefficient (Wildman–Crippen LogP) is 6.15. The van der Waals surface area contributed by atoms with E-state index in [1.807, 2.05) is 41.3 Å². The standard InChI is InChI=1S/C33H35N3O2/c1-38-27-15-13-26(14-16-27)24-36-31-18-17-30(28-11-5-12-29(32(28)31)33(36)37)35-21-7-20-34(22-23-35)19-6-10-25-8-3-2-4-9-25/h2-5,8-9,11-18H,6-7,10,19-24H2,1H3. The van der Waals surface area contributed by atoms with E-state index in [9.17, 15) is 4.79 Å². The van der Waals surface area contributed by atoms with Crippen molar-refractivity contribution in [3.05, 3.63) is 102 Å². The molecule has 0 aromatic heterocycles. The fraction of sp³-hybridized carbons (Fsp3) is 0.303. The molecule has 2 aliphatic rings. The zero-order valence-corrected chi connectivity index (χ0v) is 22.1. The molecule has 0 unspecified atom stereocenters. The van der Waals surface area contributed by atoms with Crippen LogP contribution in [0.4, 0.5) is 11.4 Å². The molecule has 194 valence electrons. The van der Waals surface area contributed by atoms with Crippen LogP contribution >= 0.6 is 0 Å². The Hall–Kier alpha value is -3.83. The highest BCUT2D eigenvalue weighted by Gasteiger charge is 2.31. The normalized spacial score (nSPS) is 15.8. The first kappa shape index (κ1) is 24.5. The van der Waals surface area contributed by atoms with Crippen molar-refractivity contribution in [3.8, 4) is 5.75 Å². The largest absolute Gasteiger partial charge is 0.497 e. The number of nitrogens with zero attached hydrogens (tertiary/aromatic N) is 3. The van der Waals surface area contributed by atoms with Crippen molar-refractivity contribution >= 4 is 28.1 Å². The summed E-state index contributed by atoms with van der Waals surface area (Å²) >= 11 is 0. The molecule has 6 rings (SSSR count). The lowest BCUT2D eigenvalue weighted by atomic mass is 10.0. The van der Waals surface area contributed by atoms with Crippen LogP contribution in [0.2, 0.25) is 0 Å². The van der Waals surface area contributed by atoms with Gasteiger partial charge in [-0.05, 0) is 73.8 Å². The molecule has 4 aromatic carbocycles. The Kier molecular flexibility index (Phi) is 7.02. The van der Waals surface area contributed by atoms with Crippen LogP contribution in [0.5, 0.6) is 5.75 Å². The highest BCUT2D eigenvalue weighted by atomic mass is 16.5. The third-order valence-electron chi connectivity index (χ3n) is 7.97. The van der Waals surface area contributed by atoms with Crippen LogP contribution in [0.1, 0.15) is 34.3 Å². The van der Waals surface area contributed by atoms with Gasteiger partial charge in [0.2, 0.25) is 0 Å². The number of rotatable bonds is 8. The van der Waals surface area contributed by atoms with Gasteiger partial charge >= 0.3 is 0 Å². The lowest BCUT2D eigenvalue weighted by Gasteiger charge is -2.26. The molecule has 1 saturated heterocycles. The number of hydrogen-bond donors (Lipinski definition) is 0. The number of amides is 1. The van der Waals surface area contributed by atoms with Gasteiger partial charge in [-0.25, -0.2) is 0 Å². The molecule has 2 aliphatic heterocycles. The molecule has 5 nitrogen and oxygen atoms in total. The van der Waals surface area contributed by atoms with Crippen LogP contribution in [-0.4, -0.2) is 50.6 Å². The summed E-state index contributed by atoms with van der Waals surface area (Å²) in [6, 6.07) is 29.3. The summed E-state index contributed by atoms with van der Waals surface area (Å²) in [7, 11) is 1.67. The smallest absolute Gasteiger partial charge is 0.259 e. The molecule has 2 heterocycles. The quantitative estimate of drug-likeness (QED) is 0.288. The first-order valence-electron chi connectivity index (χ1n) is 13.7. The second-order valence-corrected chi connectivity index (χ2v) is 10.3. The Morgan fingerprint density at radius 3 is 2.39 bits per heavy atom. The van der Waals surface area contributed by atoms with Crippen molar-refractivity contribution in [1.29, 1.82) is 0 Å². The topological polar surface area (TPSA) is 36.0 Å². The second kappa shape index (κ2) is 10.9. The van der Waals surface area contributed by atoms with Crippen LogP contribution in [0, 0.1) is 0 Å². The van der Waals surface area contributed by atoms with Gasteiger partial charge in [-0.15, -0.1) is 0 Å². The van der Waals surface area contributed by atoms with Gasteiger partial charge < -0.3 is 19.4 Å². The van der Waals surface area contributed by atoms with Crippen molar-refractivity contribution in [2.45, 2.75) is 25.8 Å². The maximum absolute atomic E-state index is 13.5. The molecule has 0 aliphatic carbocycles. The Balaban J connectivity index is 1.18. The third kappa shape index (κ3) is 4.86. The fourth-order valence-electron chi connectivity index (χ4n) is 5.96. The fourth-order valence-corrected chi connectivity index (χ4v) is 5.96. The van der Waals surface area contributed by atoms with Gasteiger partial charge in [0.1, 0.15) is 5.75 Å². The second-order valence-electron chi connectivity index (χ2n) is 10.3. The van der Waals surface area contributed by atoms with E-state index in [0.29, 0.717) is 6.54 Å².